The summed E-state index contributed by atoms with van der Waals surface area (Å²) in [5.41, 5.74) is 0.458. The molecule has 25 heavy (non-hydrogen) atoms. The first-order valence-corrected chi connectivity index (χ1v) is 11.0. The lowest BCUT2D eigenvalue weighted by Gasteiger charge is -2.60. The molecule has 4 heteroatoms. The molecule has 0 aromatic rings. The number of fused-ring (bicyclic) bond motifs is 5. The molecule has 140 valence electrons. The SMILES string of the molecule is CC(=O)OC1CCC2C3CC[C@@H]4C(Br)C(=O)CCC4(C)C3CCC12C. The van der Waals surface area contributed by atoms with E-state index >= 15 is 0 Å². The third kappa shape index (κ3) is 2.56. The lowest BCUT2D eigenvalue weighted by molar-refractivity contribution is -0.161. The Hall–Kier alpha value is -0.380. The van der Waals surface area contributed by atoms with E-state index in [-0.39, 0.29) is 22.3 Å². The Labute approximate surface area is 159 Å². The van der Waals surface area contributed by atoms with Gasteiger partial charge in [0.05, 0.1) is 4.83 Å². The molecular weight excluding hydrogens is 380 g/mol. The van der Waals surface area contributed by atoms with Crippen molar-refractivity contribution in [2.24, 2.45) is 34.5 Å². The number of rotatable bonds is 1. The summed E-state index contributed by atoms with van der Waals surface area (Å²) in [6.07, 6.45) is 8.96. The lowest BCUT2D eigenvalue weighted by atomic mass is 9.45. The second-order valence-corrected chi connectivity index (χ2v) is 10.6. The Balaban J connectivity index is 1.60. The number of hydrogen-bond acceptors (Lipinski definition) is 3. The molecule has 8 atom stereocenters. The Morgan fingerprint density at radius 2 is 1.68 bits per heavy atom. The largest absolute Gasteiger partial charge is 0.462 e. The number of alkyl halides is 1. The Morgan fingerprint density at radius 1 is 1.00 bits per heavy atom. The van der Waals surface area contributed by atoms with Crippen molar-refractivity contribution < 1.29 is 14.3 Å². The van der Waals surface area contributed by atoms with Crippen molar-refractivity contribution in [2.45, 2.75) is 83.1 Å². The minimum atomic E-state index is -0.127. The van der Waals surface area contributed by atoms with Crippen LogP contribution in [0.2, 0.25) is 0 Å². The van der Waals surface area contributed by atoms with Crippen molar-refractivity contribution in [3.05, 3.63) is 0 Å². The fourth-order valence-corrected chi connectivity index (χ4v) is 8.53. The van der Waals surface area contributed by atoms with E-state index < -0.39 is 0 Å². The Kier molecular flexibility index (Phi) is 4.37. The summed E-state index contributed by atoms with van der Waals surface area (Å²) in [7, 11) is 0. The summed E-state index contributed by atoms with van der Waals surface area (Å²) in [4.78, 5) is 23.8. The molecule has 3 nitrogen and oxygen atoms in total. The number of halogens is 1. The summed E-state index contributed by atoms with van der Waals surface area (Å²) < 4.78 is 5.74. The lowest BCUT2D eigenvalue weighted by Crippen LogP contribution is -2.56. The highest BCUT2D eigenvalue weighted by Crippen LogP contribution is 2.66. The zero-order chi connectivity index (χ0) is 18.0. The van der Waals surface area contributed by atoms with E-state index in [1.54, 1.807) is 6.92 Å². The summed E-state index contributed by atoms with van der Waals surface area (Å²) in [6, 6.07) is 0. The van der Waals surface area contributed by atoms with Gasteiger partial charge in [0.15, 0.2) is 0 Å². The fourth-order valence-electron chi connectivity index (χ4n) is 7.44. The Morgan fingerprint density at radius 3 is 2.40 bits per heavy atom. The van der Waals surface area contributed by atoms with E-state index in [9.17, 15) is 9.59 Å². The highest BCUT2D eigenvalue weighted by atomic mass is 79.9. The second kappa shape index (κ2) is 6.07. The average Bonchev–Trinajstić information content (AvgIpc) is 2.88. The topological polar surface area (TPSA) is 43.4 Å². The highest BCUT2D eigenvalue weighted by Gasteiger charge is 2.62. The van der Waals surface area contributed by atoms with Gasteiger partial charge in [0.2, 0.25) is 0 Å². The molecule has 4 aliphatic rings. The standard InChI is InChI=1S/C21H31BrO3/c1-12(23)25-18-7-6-14-13-4-5-16-19(22)17(24)9-11-20(16,2)15(13)8-10-21(14,18)3/h13-16,18-19H,4-11H2,1-3H3/t13?,14?,15?,16-,18?,19?,20?,21?/m1/s1. The number of hydrogen-bond donors (Lipinski definition) is 0. The van der Waals surface area contributed by atoms with Crippen LogP contribution < -0.4 is 0 Å². The molecule has 0 heterocycles. The van der Waals surface area contributed by atoms with E-state index in [1.165, 1.54) is 32.1 Å². The fraction of sp³-hybridized carbons (Fsp3) is 0.905. The van der Waals surface area contributed by atoms with Crippen LogP contribution in [0.1, 0.15) is 72.1 Å². The molecule has 0 aromatic carbocycles. The molecule has 4 saturated carbocycles. The molecular formula is C21H31BrO3. The maximum absolute atomic E-state index is 12.2. The van der Waals surface area contributed by atoms with Crippen LogP contribution in [0.25, 0.3) is 0 Å². The van der Waals surface area contributed by atoms with Crippen LogP contribution >= 0.6 is 15.9 Å². The van der Waals surface area contributed by atoms with Crippen LogP contribution in [0.15, 0.2) is 0 Å². The molecule has 0 N–H and O–H groups in total. The first-order valence-electron chi connectivity index (χ1n) is 10.1. The molecule has 0 spiro atoms. The van der Waals surface area contributed by atoms with Crippen LogP contribution in [0.5, 0.6) is 0 Å². The van der Waals surface area contributed by atoms with Crippen LogP contribution in [-0.4, -0.2) is 22.7 Å². The predicted octanol–water partition coefficient (Wildman–Crippen LogP) is 4.90. The van der Waals surface area contributed by atoms with Gasteiger partial charge in [-0.2, -0.15) is 0 Å². The second-order valence-electron chi connectivity index (χ2n) is 9.65. The van der Waals surface area contributed by atoms with Crippen molar-refractivity contribution in [1.29, 1.82) is 0 Å². The zero-order valence-corrected chi connectivity index (χ0v) is 17.3. The van der Waals surface area contributed by atoms with Crippen molar-refractivity contribution >= 4 is 27.7 Å². The average molecular weight is 411 g/mol. The van der Waals surface area contributed by atoms with Gasteiger partial charge < -0.3 is 4.74 Å². The van der Waals surface area contributed by atoms with E-state index in [0.29, 0.717) is 23.0 Å². The highest BCUT2D eigenvalue weighted by molar-refractivity contribution is 9.10. The van der Waals surface area contributed by atoms with Gasteiger partial charge in [-0.15, -0.1) is 0 Å². The van der Waals surface area contributed by atoms with Gasteiger partial charge in [0.25, 0.3) is 0 Å². The molecule has 0 amide bonds. The van der Waals surface area contributed by atoms with Crippen LogP contribution in [0.3, 0.4) is 0 Å². The minimum Gasteiger partial charge on any atom is -0.462 e. The number of ether oxygens (including phenoxy) is 1. The summed E-state index contributed by atoms with van der Waals surface area (Å²) >= 11 is 3.74. The number of esters is 1. The van der Waals surface area contributed by atoms with Crippen LogP contribution in [0.4, 0.5) is 0 Å². The van der Waals surface area contributed by atoms with Crippen molar-refractivity contribution in [2.75, 3.05) is 0 Å². The summed E-state index contributed by atoms with van der Waals surface area (Å²) in [5, 5.41) is 0. The number of ketones is 1. The van der Waals surface area contributed by atoms with Gasteiger partial charge in [-0.3, -0.25) is 9.59 Å². The van der Waals surface area contributed by atoms with E-state index in [1.807, 2.05) is 0 Å². The third-order valence-electron chi connectivity index (χ3n) is 8.73. The summed E-state index contributed by atoms with van der Waals surface area (Å²) in [5.74, 6) is 2.95. The van der Waals surface area contributed by atoms with Gasteiger partial charge >= 0.3 is 5.97 Å². The normalized spacial score (nSPS) is 52.1. The van der Waals surface area contributed by atoms with E-state index in [0.717, 1.165) is 31.1 Å². The molecule has 0 aromatic heterocycles. The number of Topliss-reactive ketones (excluding diaryl/α,β-unsaturated/α-hetero) is 1. The van der Waals surface area contributed by atoms with Crippen LogP contribution in [-0.2, 0) is 14.3 Å². The molecule has 0 radical (unpaired) electrons. The minimum absolute atomic E-state index is 0.0675. The summed E-state index contributed by atoms with van der Waals surface area (Å²) in [6.45, 7) is 6.39. The van der Waals surface area contributed by atoms with Gasteiger partial charge in [-0.05, 0) is 74.0 Å². The van der Waals surface area contributed by atoms with Gasteiger partial charge in [0.1, 0.15) is 11.9 Å². The van der Waals surface area contributed by atoms with E-state index in [4.69, 9.17) is 4.74 Å². The molecule has 4 aliphatic carbocycles. The first-order chi connectivity index (χ1) is 11.8. The molecule has 0 saturated heterocycles. The zero-order valence-electron chi connectivity index (χ0n) is 15.7. The quantitative estimate of drug-likeness (QED) is 0.455. The van der Waals surface area contributed by atoms with Crippen LogP contribution in [0, 0.1) is 34.5 Å². The smallest absolute Gasteiger partial charge is 0.302 e. The van der Waals surface area contributed by atoms with Gasteiger partial charge in [0, 0.05) is 18.8 Å². The monoisotopic (exact) mass is 410 g/mol. The number of carbonyl (C=O) groups excluding carboxylic acids is 2. The molecule has 0 aliphatic heterocycles. The predicted molar refractivity (Wildman–Crippen MR) is 100 cm³/mol. The molecule has 4 rings (SSSR count). The third-order valence-corrected chi connectivity index (χ3v) is 9.88. The maximum atomic E-state index is 12.2. The van der Waals surface area contributed by atoms with Gasteiger partial charge in [-0.25, -0.2) is 0 Å². The number of carbonyl (C=O) groups is 2. The Bertz CT molecular complexity index is 590. The first kappa shape index (κ1) is 18.0. The molecule has 7 unspecified atom stereocenters. The maximum Gasteiger partial charge on any atom is 0.302 e. The van der Waals surface area contributed by atoms with Crippen molar-refractivity contribution in [3.8, 4) is 0 Å². The van der Waals surface area contributed by atoms with Gasteiger partial charge in [-0.1, -0.05) is 29.8 Å². The molecule has 4 fully saturated rings. The van der Waals surface area contributed by atoms with Crippen molar-refractivity contribution in [3.63, 3.8) is 0 Å². The van der Waals surface area contributed by atoms with E-state index in [2.05, 4.69) is 29.8 Å². The van der Waals surface area contributed by atoms with Crippen molar-refractivity contribution in [1.82, 2.24) is 0 Å². The molecule has 0 bridgehead atoms.